The van der Waals surface area contributed by atoms with Gasteiger partial charge in [-0.15, -0.1) is 0 Å². The van der Waals surface area contributed by atoms with Crippen LogP contribution in [0.1, 0.15) is 36.5 Å². The molecule has 0 spiro atoms. The lowest BCUT2D eigenvalue weighted by atomic mass is 10.0. The molecule has 0 heterocycles. The smallest absolute Gasteiger partial charge is 0.188 e. The van der Waals surface area contributed by atoms with Gasteiger partial charge in [0, 0.05) is 31.6 Å². The summed E-state index contributed by atoms with van der Waals surface area (Å²) in [5.41, 5.74) is 1.61. The number of hydrogen-bond acceptors (Lipinski definition) is 5. The molecule has 0 aliphatic heterocycles. The second kappa shape index (κ2) is 11.6. The van der Waals surface area contributed by atoms with E-state index in [0.29, 0.717) is 34.4 Å². The molecule has 0 saturated heterocycles. The van der Waals surface area contributed by atoms with E-state index in [9.17, 15) is 9.90 Å². The first kappa shape index (κ1) is 22.1. The standard InChI is InChI=1S/C22H25BrO5/c1-26-15-28-21-14-22(27-2)19(23)13-18(21)20(25)12-17(24)11-7-6-10-16-8-4-3-5-9-16/h3-6,8-10,13-14,20,25H,7,11-12,15H2,1-2H3/b10-6+. The van der Waals surface area contributed by atoms with E-state index in [2.05, 4.69) is 15.9 Å². The molecule has 1 atom stereocenters. The van der Waals surface area contributed by atoms with Crippen LogP contribution >= 0.6 is 15.9 Å². The Morgan fingerprint density at radius 1 is 1.18 bits per heavy atom. The molecule has 6 heteroatoms. The van der Waals surface area contributed by atoms with Crippen LogP contribution < -0.4 is 9.47 Å². The van der Waals surface area contributed by atoms with Crippen molar-refractivity contribution < 1.29 is 24.1 Å². The summed E-state index contributed by atoms with van der Waals surface area (Å²) in [6.07, 6.45) is 3.99. The normalized spacial score (nSPS) is 12.1. The number of allylic oxidation sites excluding steroid dienone is 1. The van der Waals surface area contributed by atoms with Crippen molar-refractivity contribution in [3.05, 3.63) is 64.1 Å². The number of carbonyl (C=O) groups excluding carboxylic acids is 1. The third kappa shape index (κ3) is 6.78. The Morgan fingerprint density at radius 2 is 1.93 bits per heavy atom. The molecular formula is C22H25BrO5. The van der Waals surface area contributed by atoms with Crippen molar-refractivity contribution in [1.29, 1.82) is 0 Å². The van der Waals surface area contributed by atoms with Gasteiger partial charge in [0.15, 0.2) is 6.79 Å². The minimum absolute atomic E-state index is 0.0152. The van der Waals surface area contributed by atoms with Crippen molar-refractivity contribution in [1.82, 2.24) is 0 Å². The third-order valence-electron chi connectivity index (χ3n) is 4.10. The van der Waals surface area contributed by atoms with Gasteiger partial charge in [0.05, 0.1) is 17.7 Å². The Hall–Kier alpha value is -2.15. The summed E-state index contributed by atoms with van der Waals surface area (Å²) in [5, 5.41) is 10.6. The number of ether oxygens (including phenoxy) is 3. The number of benzene rings is 2. The number of methoxy groups -OCH3 is 2. The minimum atomic E-state index is -0.973. The Bertz CT molecular complexity index is 789. The van der Waals surface area contributed by atoms with Gasteiger partial charge in [-0.05, 0) is 34.0 Å². The Morgan fingerprint density at radius 3 is 2.61 bits per heavy atom. The summed E-state index contributed by atoms with van der Waals surface area (Å²) < 4.78 is 16.4. The van der Waals surface area contributed by atoms with Crippen LogP contribution in [0.4, 0.5) is 0 Å². The van der Waals surface area contributed by atoms with Crippen LogP contribution in [-0.4, -0.2) is 31.9 Å². The third-order valence-corrected chi connectivity index (χ3v) is 4.72. The number of halogens is 1. The van der Waals surface area contributed by atoms with Crippen LogP contribution in [0, 0.1) is 0 Å². The van der Waals surface area contributed by atoms with Gasteiger partial charge in [0.2, 0.25) is 0 Å². The molecule has 5 nitrogen and oxygen atoms in total. The van der Waals surface area contributed by atoms with Crippen LogP contribution in [0.3, 0.4) is 0 Å². The summed E-state index contributed by atoms with van der Waals surface area (Å²) >= 11 is 3.40. The molecule has 0 fully saturated rings. The predicted molar refractivity (Wildman–Crippen MR) is 112 cm³/mol. The Kier molecular flexibility index (Phi) is 9.20. The van der Waals surface area contributed by atoms with E-state index < -0.39 is 6.10 Å². The summed E-state index contributed by atoms with van der Waals surface area (Å²) in [5.74, 6) is 0.973. The molecule has 0 radical (unpaired) electrons. The lowest BCUT2D eigenvalue weighted by Crippen LogP contribution is -2.10. The molecule has 0 aromatic heterocycles. The highest BCUT2D eigenvalue weighted by Crippen LogP contribution is 2.37. The maximum Gasteiger partial charge on any atom is 0.188 e. The number of hydrogen-bond donors (Lipinski definition) is 1. The topological polar surface area (TPSA) is 65.0 Å². The average molecular weight is 449 g/mol. The fraction of sp³-hybridized carbons (Fsp3) is 0.318. The van der Waals surface area contributed by atoms with Gasteiger partial charge in [-0.25, -0.2) is 0 Å². The second-order valence-corrected chi connectivity index (χ2v) is 7.04. The average Bonchev–Trinajstić information content (AvgIpc) is 2.70. The molecule has 0 aliphatic carbocycles. The van der Waals surface area contributed by atoms with Gasteiger partial charge in [0.25, 0.3) is 0 Å². The quantitative estimate of drug-likeness (QED) is 0.493. The highest BCUT2D eigenvalue weighted by molar-refractivity contribution is 9.10. The first-order valence-electron chi connectivity index (χ1n) is 8.95. The van der Waals surface area contributed by atoms with Crippen molar-refractivity contribution in [2.24, 2.45) is 0 Å². The highest BCUT2D eigenvalue weighted by Gasteiger charge is 2.20. The first-order valence-corrected chi connectivity index (χ1v) is 9.75. The van der Waals surface area contributed by atoms with Gasteiger partial charge < -0.3 is 19.3 Å². The molecule has 0 amide bonds. The largest absolute Gasteiger partial charge is 0.495 e. The molecule has 2 rings (SSSR count). The molecule has 150 valence electrons. The zero-order valence-electron chi connectivity index (χ0n) is 16.1. The van der Waals surface area contributed by atoms with Crippen molar-refractivity contribution in [3.63, 3.8) is 0 Å². The van der Waals surface area contributed by atoms with E-state index in [1.165, 1.54) is 7.11 Å². The molecule has 2 aromatic rings. The predicted octanol–water partition coefficient (Wildman–Crippen LogP) is 4.93. The van der Waals surface area contributed by atoms with Crippen LogP contribution in [-0.2, 0) is 9.53 Å². The first-order chi connectivity index (χ1) is 13.5. The van der Waals surface area contributed by atoms with Gasteiger partial charge >= 0.3 is 0 Å². The van der Waals surface area contributed by atoms with E-state index in [-0.39, 0.29) is 19.0 Å². The van der Waals surface area contributed by atoms with Crippen LogP contribution in [0.2, 0.25) is 0 Å². The molecule has 0 aliphatic rings. The van der Waals surface area contributed by atoms with E-state index in [4.69, 9.17) is 14.2 Å². The van der Waals surface area contributed by atoms with Gasteiger partial charge in [-0.3, -0.25) is 4.79 Å². The maximum atomic E-state index is 12.3. The van der Waals surface area contributed by atoms with Gasteiger partial charge in [-0.2, -0.15) is 0 Å². The van der Waals surface area contributed by atoms with Crippen LogP contribution in [0.5, 0.6) is 11.5 Å². The maximum absolute atomic E-state index is 12.3. The number of Topliss-reactive ketones (excluding diaryl/α,β-unsaturated/α-hetero) is 1. The number of aliphatic hydroxyl groups is 1. The summed E-state index contributed by atoms with van der Waals surface area (Å²) in [7, 11) is 3.06. The fourth-order valence-electron chi connectivity index (χ4n) is 2.67. The molecule has 1 N–H and O–H groups in total. The lowest BCUT2D eigenvalue weighted by Gasteiger charge is -2.17. The monoisotopic (exact) mass is 448 g/mol. The molecule has 2 aromatic carbocycles. The fourth-order valence-corrected chi connectivity index (χ4v) is 3.19. The molecule has 0 saturated carbocycles. The van der Waals surface area contributed by atoms with Gasteiger partial charge in [-0.1, -0.05) is 42.5 Å². The number of aliphatic hydroxyl groups excluding tert-OH is 1. The summed E-state index contributed by atoms with van der Waals surface area (Å²) in [6, 6.07) is 13.3. The highest BCUT2D eigenvalue weighted by atomic mass is 79.9. The van der Waals surface area contributed by atoms with Crippen molar-refractivity contribution in [2.75, 3.05) is 21.0 Å². The Labute approximate surface area is 174 Å². The number of rotatable bonds is 11. The van der Waals surface area contributed by atoms with Crippen molar-refractivity contribution in [2.45, 2.75) is 25.4 Å². The van der Waals surface area contributed by atoms with E-state index in [1.807, 2.05) is 42.5 Å². The number of ketones is 1. The molecular weight excluding hydrogens is 424 g/mol. The second-order valence-electron chi connectivity index (χ2n) is 6.19. The van der Waals surface area contributed by atoms with Crippen LogP contribution in [0.15, 0.2) is 53.0 Å². The van der Waals surface area contributed by atoms with Gasteiger partial charge in [0.1, 0.15) is 17.3 Å². The minimum Gasteiger partial charge on any atom is -0.495 e. The van der Waals surface area contributed by atoms with E-state index in [0.717, 1.165) is 5.56 Å². The SMILES string of the molecule is COCOc1cc(OC)c(Br)cc1C(O)CC(=O)CC/C=C/c1ccccc1. The van der Waals surface area contributed by atoms with E-state index >= 15 is 0 Å². The zero-order valence-corrected chi connectivity index (χ0v) is 17.6. The molecule has 0 bridgehead atoms. The van der Waals surface area contributed by atoms with E-state index in [1.54, 1.807) is 19.2 Å². The lowest BCUT2D eigenvalue weighted by molar-refractivity contribution is -0.120. The van der Waals surface area contributed by atoms with Crippen molar-refractivity contribution in [3.8, 4) is 11.5 Å². The summed E-state index contributed by atoms with van der Waals surface area (Å²) in [4.78, 5) is 12.3. The van der Waals surface area contributed by atoms with Crippen LogP contribution in [0.25, 0.3) is 6.08 Å². The molecule has 1 unspecified atom stereocenters. The summed E-state index contributed by atoms with van der Waals surface area (Å²) in [6.45, 7) is 0.0305. The molecule has 28 heavy (non-hydrogen) atoms. The zero-order chi connectivity index (χ0) is 20.4. The van der Waals surface area contributed by atoms with Crippen molar-refractivity contribution >= 4 is 27.8 Å². The number of carbonyl (C=O) groups is 1. The Balaban J connectivity index is 1.96.